The Morgan fingerprint density at radius 3 is 2.38 bits per heavy atom. The quantitative estimate of drug-likeness (QED) is 0.391. The molecule has 0 amide bonds. The van der Waals surface area contributed by atoms with Gasteiger partial charge in [-0.1, -0.05) is 29.8 Å². The molecule has 0 atom stereocenters. The molecule has 3 rings (SSSR count). The van der Waals surface area contributed by atoms with Gasteiger partial charge in [0.05, 0.1) is 6.61 Å². The first-order valence-electron chi connectivity index (χ1n) is 9.10. The fraction of sp³-hybridized carbons (Fsp3) is 0.273. The molecule has 2 aromatic carbocycles. The largest absolute Gasteiger partial charge is 0.490 e. The first-order valence-corrected chi connectivity index (χ1v) is 9.47. The summed E-state index contributed by atoms with van der Waals surface area (Å²) in [6.07, 6.45) is 1.41. The third-order valence-electron chi connectivity index (χ3n) is 3.98. The third kappa shape index (κ3) is 5.29. The molecule has 29 heavy (non-hydrogen) atoms. The van der Waals surface area contributed by atoms with Crippen LogP contribution in [-0.2, 0) is 25.7 Å². The molecule has 2 aromatic rings. The van der Waals surface area contributed by atoms with Gasteiger partial charge in [0.15, 0.2) is 11.5 Å². The standard InChI is InChI=1S/C22H21ClO6/c1-4-26-19-12-14(11-17-20(24)28-22(2,3)29-21(17)25)8-9-18(19)27-13-15-6-5-7-16(23)10-15/h5-12H,4,13H2,1-3H3. The Kier molecular flexibility index (Phi) is 6.13. The molecular formula is C22H21ClO6. The van der Waals surface area contributed by atoms with Crippen LogP contribution in [0.3, 0.4) is 0 Å². The zero-order chi connectivity index (χ0) is 21.0. The first-order chi connectivity index (χ1) is 13.8. The molecule has 0 aliphatic carbocycles. The molecule has 7 heteroatoms. The number of ether oxygens (including phenoxy) is 4. The molecule has 0 aromatic heterocycles. The van der Waals surface area contributed by atoms with E-state index in [-0.39, 0.29) is 5.57 Å². The maximum Gasteiger partial charge on any atom is 0.348 e. The lowest BCUT2D eigenvalue weighted by molar-refractivity contribution is -0.222. The van der Waals surface area contributed by atoms with Gasteiger partial charge in [0.25, 0.3) is 5.79 Å². The van der Waals surface area contributed by atoms with Crippen molar-refractivity contribution < 1.29 is 28.5 Å². The van der Waals surface area contributed by atoms with E-state index in [0.717, 1.165) is 5.56 Å². The van der Waals surface area contributed by atoms with Gasteiger partial charge in [-0.15, -0.1) is 0 Å². The molecule has 152 valence electrons. The van der Waals surface area contributed by atoms with Crippen LogP contribution in [0, 0.1) is 0 Å². The van der Waals surface area contributed by atoms with E-state index in [1.807, 2.05) is 25.1 Å². The Balaban J connectivity index is 1.82. The second-order valence-electron chi connectivity index (χ2n) is 6.79. The highest BCUT2D eigenvalue weighted by atomic mass is 35.5. The van der Waals surface area contributed by atoms with Gasteiger partial charge < -0.3 is 18.9 Å². The number of rotatable bonds is 6. The molecule has 1 aliphatic heterocycles. The number of halogens is 1. The van der Waals surface area contributed by atoms with Crippen molar-refractivity contribution in [2.45, 2.75) is 33.2 Å². The van der Waals surface area contributed by atoms with Crippen LogP contribution < -0.4 is 9.47 Å². The number of carbonyl (C=O) groups excluding carboxylic acids is 2. The van der Waals surface area contributed by atoms with E-state index in [1.165, 1.54) is 19.9 Å². The molecule has 0 saturated carbocycles. The summed E-state index contributed by atoms with van der Waals surface area (Å²) in [6.45, 7) is 5.59. The number of hydrogen-bond acceptors (Lipinski definition) is 6. The van der Waals surface area contributed by atoms with Crippen LogP contribution in [-0.4, -0.2) is 24.3 Å². The van der Waals surface area contributed by atoms with Crippen molar-refractivity contribution in [3.63, 3.8) is 0 Å². The maximum atomic E-state index is 12.1. The van der Waals surface area contributed by atoms with Crippen LogP contribution in [0.1, 0.15) is 31.9 Å². The van der Waals surface area contributed by atoms with Gasteiger partial charge in [-0.25, -0.2) is 9.59 Å². The number of benzene rings is 2. The minimum absolute atomic E-state index is 0.181. The molecule has 1 fully saturated rings. The van der Waals surface area contributed by atoms with Gasteiger partial charge in [0.1, 0.15) is 12.2 Å². The van der Waals surface area contributed by atoms with Gasteiger partial charge in [0, 0.05) is 18.9 Å². The Labute approximate surface area is 174 Å². The van der Waals surface area contributed by atoms with Gasteiger partial charge in [-0.05, 0) is 48.4 Å². The highest BCUT2D eigenvalue weighted by Gasteiger charge is 2.38. The number of esters is 2. The van der Waals surface area contributed by atoms with Crippen LogP contribution in [0.25, 0.3) is 6.08 Å². The molecule has 0 radical (unpaired) electrons. The lowest BCUT2D eigenvalue weighted by Crippen LogP contribution is -2.41. The fourth-order valence-electron chi connectivity index (χ4n) is 2.73. The Morgan fingerprint density at radius 2 is 1.72 bits per heavy atom. The SMILES string of the molecule is CCOc1cc(C=C2C(=O)OC(C)(C)OC2=O)ccc1OCc1cccc(Cl)c1. The smallest absolute Gasteiger partial charge is 0.348 e. The van der Waals surface area contributed by atoms with E-state index in [9.17, 15) is 9.59 Å². The topological polar surface area (TPSA) is 71.1 Å². The summed E-state index contributed by atoms with van der Waals surface area (Å²) in [5, 5.41) is 0.632. The second kappa shape index (κ2) is 8.57. The zero-order valence-corrected chi connectivity index (χ0v) is 17.1. The van der Waals surface area contributed by atoms with E-state index in [4.69, 9.17) is 30.5 Å². The molecular weight excluding hydrogens is 396 g/mol. The molecule has 6 nitrogen and oxygen atoms in total. The number of carbonyl (C=O) groups is 2. The Morgan fingerprint density at radius 1 is 1.00 bits per heavy atom. The van der Waals surface area contributed by atoms with E-state index in [2.05, 4.69) is 0 Å². The second-order valence-corrected chi connectivity index (χ2v) is 7.23. The van der Waals surface area contributed by atoms with Crippen molar-refractivity contribution in [2.24, 2.45) is 0 Å². The highest BCUT2D eigenvalue weighted by molar-refractivity contribution is 6.30. The number of hydrogen-bond donors (Lipinski definition) is 0. The average molecular weight is 417 g/mol. The van der Waals surface area contributed by atoms with Crippen molar-refractivity contribution >= 4 is 29.6 Å². The number of cyclic esters (lactones) is 2. The zero-order valence-electron chi connectivity index (χ0n) is 16.4. The van der Waals surface area contributed by atoms with Crippen LogP contribution in [0.2, 0.25) is 5.02 Å². The van der Waals surface area contributed by atoms with Gasteiger partial charge >= 0.3 is 11.9 Å². The summed E-state index contributed by atoms with van der Waals surface area (Å²) < 4.78 is 21.7. The maximum absolute atomic E-state index is 12.1. The molecule has 1 aliphatic rings. The van der Waals surface area contributed by atoms with Crippen molar-refractivity contribution in [1.82, 2.24) is 0 Å². The van der Waals surface area contributed by atoms with Crippen molar-refractivity contribution in [1.29, 1.82) is 0 Å². The molecule has 1 saturated heterocycles. The van der Waals surface area contributed by atoms with Crippen molar-refractivity contribution in [2.75, 3.05) is 6.61 Å². The van der Waals surface area contributed by atoms with E-state index >= 15 is 0 Å². The van der Waals surface area contributed by atoms with Crippen molar-refractivity contribution in [3.05, 3.63) is 64.2 Å². The van der Waals surface area contributed by atoms with Gasteiger partial charge in [-0.2, -0.15) is 0 Å². The summed E-state index contributed by atoms with van der Waals surface area (Å²) >= 11 is 6.00. The van der Waals surface area contributed by atoms with Crippen LogP contribution in [0.15, 0.2) is 48.0 Å². The first kappa shape index (κ1) is 20.7. The van der Waals surface area contributed by atoms with Gasteiger partial charge in [0.2, 0.25) is 0 Å². The molecule has 1 heterocycles. The lowest BCUT2D eigenvalue weighted by atomic mass is 10.1. The van der Waals surface area contributed by atoms with Crippen LogP contribution in [0.5, 0.6) is 11.5 Å². The van der Waals surface area contributed by atoms with Crippen LogP contribution in [0.4, 0.5) is 0 Å². The molecule has 0 spiro atoms. The van der Waals surface area contributed by atoms with Crippen molar-refractivity contribution in [3.8, 4) is 11.5 Å². The highest BCUT2D eigenvalue weighted by Crippen LogP contribution is 2.31. The predicted molar refractivity (Wildman–Crippen MR) is 108 cm³/mol. The Bertz CT molecular complexity index is 942. The summed E-state index contributed by atoms with van der Waals surface area (Å²) in [6, 6.07) is 12.5. The molecule has 0 bridgehead atoms. The summed E-state index contributed by atoms with van der Waals surface area (Å²) in [4.78, 5) is 24.3. The molecule has 0 N–H and O–H groups in total. The average Bonchev–Trinajstić information content (AvgIpc) is 2.63. The third-order valence-corrected chi connectivity index (χ3v) is 4.21. The summed E-state index contributed by atoms with van der Waals surface area (Å²) in [5.41, 5.74) is 1.31. The lowest BCUT2D eigenvalue weighted by Gasteiger charge is -2.29. The van der Waals surface area contributed by atoms with E-state index < -0.39 is 17.7 Å². The van der Waals surface area contributed by atoms with E-state index in [0.29, 0.717) is 35.3 Å². The minimum Gasteiger partial charge on any atom is -0.490 e. The minimum atomic E-state index is -1.28. The molecule has 0 unspecified atom stereocenters. The fourth-order valence-corrected chi connectivity index (χ4v) is 2.95. The van der Waals surface area contributed by atoms with E-state index in [1.54, 1.807) is 24.3 Å². The monoisotopic (exact) mass is 416 g/mol. The van der Waals surface area contributed by atoms with Crippen LogP contribution >= 0.6 is 11.6 Å². The summed E-state index contributed by atoms with van der Waals surface area (Å²) in [5.74, 6) is -1.72. The normalized spacial score (nSPS) is 15.4. The Hall–Kier alpha value is -2.99. The van der Waals surface area contributed by atoms with Gasteiger partial charge in [-0.3, -0.25) is 0 Å². The summed E-state index contributed by atoms with van der Waals surface area (Å²) in [7, 11) is 0. The predicted octanol–water partition coefficient (Wildman–Crippen LogP) is 4.54.